The van der Waals surface area contributed by atoms with Gasteiger partial charge in [-0.1, -0.05) is 25.4 Å². The van der Waals surface area contributed by atoms with Gasteiger partial charge in [-0.15, -0.1) is 0 Å². The molecule has 2 N–H and O–H groups in total. The fourth-order valence-electron chi connectivity index (χ4n) is 1.58. The number of hydrogen-bond donors (Lipinski definition) is 1. The molecule has 96 valence electrons. The summed E-state index contributed by atoms with van der Waals surface area (Å²) in [5.74, 6) is 0.373. The number of carbonyl (C=O) groups excluding carboxylic acids is 1. The highest BCUT2D eigenvalue weighted by Gasteiger charge is 2.14. The minimum absolute atomic E-state index is 0.0520. The molecular weight excluding hydrogens is 252 g/mol. The number of primary amides is 1. The highest BCUT2D eigenvalue weighted by molar-refractivity contribution is 6.29. The third-order valence-electron chi connectivity index (χ3n) is 2.17. The van der Waals surface area contributed by atoms with Crippen LogP contribution in [-0.4, -0.2) is 24.0 Å². The molecule has 0 spiro atoms. The lowest BCUT2D eigenvalue weighted by Crippen LogP contribution is -2.36. The van der Waals surface area contributed by atoms with Gasteiger partial charge in [0.15, 0.2) is 0 Å². The van der Waals surface area contributed by atoms with Gasteiger partial charge in [0.1, 0.15) is 11.0 Å². The van der Waals surface area contributed by atoms with Crippen LogP contribution in [0.3, 0.4) is 0 Å². The van der Waals surface area contributed by atoms with Crippen molar-refractivity contribution in [2.45, 2.75) is 13.8 Å². The summed E-state index contributed by atoms with van der Waals surface area (Å²) in [4.78, 5) is 16.9. The molecule has 0 radical (unpaired) electrons. The van der Waals surface area contributed by atoms with Crippen LogP contribution in [0.25, 0.3) is 0 Å². The van der Waals surface area contributed by atoms with Gasteiger partial charge in [-0.05, 0) is 18.1 Å². The molecule has 5 nitrogen and oxygen atoms in total. The average molecular weight is 267 g/mol. The van der Waals surface area contributed by atoms with Crippen LogP contribution < -0.4 is 10.6 Å². The monoisotopic (exact) mass is 266 g/mol. The number of anilines is 1. The molecule has 0 bridgehead atoms. The molecule has 1 aromatic heterocycles. The van der Waals surface area contributed by atoms with E-state index in [2.05, 4.69) is 4.98 Å². The Kier molecular flexibility index (Phi) is 4.93. The van der Waals surface area contributed by atoms with Gasteiger partial charge in [-0.3, -0.25) is 4.79 Å². The van der Waals surface area contributed by atoms with Crippen LogP contribution >= 0.6 is 11.6 Å². The predicted octanol–water partition coefficient (Wildman–Crippen LogP) is 1.55. The standard InChI is InChI=1S/C12H15ClN4O/c1-8(2)6-17(7-11(15)18)12-4-9(5-14)3-10(13)16-12/h3-4,8H,6-7H2,1-2H3,(H2,15,18). The van der Waals surface area contributed by atoms with Gasteiger partial charge in [0.05, 0.1) is 18.2 Å². The van der Waals surface area contributed by atoms with Crippen LogP contribution in [0.2, 0.25) is 5.15 Å². The third-order valence-corrected chi connectivity index (χ3v) is 2.36. The normalized spacial score (nSPS) is 10.2. The molecule has 0 aliphatic heterocycles. The SMILES string of the molecule is CC(C)CN(CC(N)=O)c1cc(C#N)cc(Cl)n1. The van der Waals surface area contributed by atoms with Crippen molar-refractivity contribution in [3.8, 4) is 6.07 Å². The highest BCUT2D eigenvalue weighted by atomic mass is 35.5. The van der Waals surface area contributed by atoms with Crippen LogP contribution in [0, 0.1) is 17.2 Å². The van der Waals surface area contributed by atoms with Crippen LogP contribution in [-0.2, 0) is 4.79 Å². The number of rotatable bonds is 5. The van der Waals surface area contributed by atoms with Crippen molar-refractivity contribution in [3.63, 3.8) is 0 Å². The Bertz CT molecular complexity index is 481. The number of carbonyl (C=O) groups is 1. The lowest BCUT2D eigenvalue weighted by Gasteiger charge is -2.24. The first kappa shape index (κ1) is 14.3. The van der Waals surface area contributed by atoms with E-state index in [1.807, 2.05) is 19.9 Å². The number of pyridine rings is 1. The van der Waals surface area contributed by atoms with Crippen molar-refractivity contribution >= 4 is 23.3 Å². The predicted molar refractivity (Wildman–Crippen MR) is 70.2 cm³/mol. The molecule has 0 aromatic carbocycles. The second-order valence-electron chi connectivity index (χ2n) is 4.39. The summed E-state index contributed by atoms with van der Waals surface area (Å²) in [6, 6.07) is 5.07. The molecule has 0 unspecified atom stereocenters. The van der Waals surface area contributed by atoms with E-state index in [0.29, 0.717) is 23.8 Å². The van der Waals surface area contributed by atoms with Crippen LogP contribution in [0.15, 0.2) is 12.1 Å². The quantitative estimate of drug-likeness (QED) is 0.820. The molecule has 0 saturated carbocycles. The maximum absolute atomic E-state index is 11.1. The smallest absolute Gasteiger partial charge is 0.236 e. The molecule has 1 aromatic rings. The molecule has 1 heterocycles. The molecule has 0 saturated heterocycles. The Morgan fingerprint density at radius 3 is 2.78 bits per heavy atom. The van der Waals surface area contributed by atoms with E-state index in [9.17, 15) is 4.79 Å². The Labute approximate surface area is 111 Å². The molecule has 18 heavy (non-hydrogen) atoms. The average Bonchev–Trinajstić information content (AvgIpc) is 2.26. The first-order valence-corrected chi connectivity index (χ1v) is 5.91. The second-order valence-corrected chi connectivity index (χ2v) is 4.78. The minimum atomic E-state index is -0.448. The zero-order chi connectivity index (χ0) is 13.7. The molecule has 1 amide bonds. The van der Waals surface area contributed by atoms with E-state index >= 15 is 0 Å². The van der Waals surface area contributed by atoms with Crippen LogP contribution in [0.4, 0.5) is 5.82 Å². The zero-order valence-corrected chi connectivity index (χ0v) is 11.1. The Morgan fingerprint density at radius 2 is 2.28 bits per heavy atom. The van der Waals surface area contributed by atoms with Crippen LogP contribution in [0.5, 0.6) is 0 Å². The van der Waals surface area contributed by atoms with Gasteiger partial charge in [0.2, 0.25) is 5.91 Å². The number of aromatic nitrogens is 1. The zero-order valence-electron chi connectivity index (χ0n) is 10.4. The van der Waals surface area contributed by atoms with Crippen molar-refractivity contribution in [2.24, 2.45) is 11.7 Å². The summed E-state index contributed by atoms with van der Waals surface area (Å²) in [6.07, 6.45) is 0. The number of nitrogens with two attached hydrogens (primary N) is 1. The first-order chi connectivity index (χ1) is 8.42. The van der Waals surface area contributed by atoms with Crippen molar-refractivity contribution in [3.05, 3.63) is 22.8 Å². The summed E-state index contributed by atoms with van der Waals surface area (Å²) in [5.41, 5.74) is 5.61. The van der Waals surface area contributed by atoms with E-state index in [-0.39, 0.29) is 11.7 Å². The molecule has 0 fully saturated rings. The van der Waals surface area contributed by atoms with Gasteiger partial charge in [-0.2, -0.15) is 5.26 Å². The Hall–Kier alpha value is -1.80. The van der Waals surface area contributed by atoms with Crippen molar-refractivity contribution in [2.75, 3.05) is 18.0 Å². The van der Waals surface area contributed by atoms with E-state index in [1.165, 1.54) is 6.07 Å². The molecular formula is C12H15ClN4O. The van der Waals surface area contributed by atoms with Gasteiger partial charge in [-0.25, -0.2) is 4.98 Å². The minimum Gasteiger partial charge on any atom is -0.368 e. The highest BCUT2D eigenvalue weighted by Crippen LogP contribution is 2.18. The fraction of sp³-hybridized carbons (Fsp3) is 0.417. The summed E-state index contributed by atoms with van der Waals surface area (Å²) in [6.45, 7) is 4.70. The maximum Gasteiger partial charge on any atom is 0.236 e. The van der Waals surface area contributed by atoms with E-state index in [4.69, 9.17) is 22.6 Å². The summed E-state index contributed by atoms with van der Waals surface area (Å²) >= 11 is 5.84. The van der Waals surface area contributed by atoms with Crippen LogP contribution in [0.1, 0.15) is 19.4 Å². The van der Waals surface area contributed by atoms with E-state index in [1.54, 1.807) is 11.0 Å². The van der Waals surface area contributed by atoms with Gasteiger partial charge < -0.3 is 10.6 Å². The maximum atomic E-state index is 11.1. The van der Waals surface area contributed by atoms with Crippen molar-refractivity contribution < 1.29 is 4.79 Å². The van der Waals surface area contributed by atoms with Gasteiger partial charge >= 0.3 is 0 Å². The number of nitriles is 1. The largest absolute Gasteiger partial charge is 0.368 e. The number of nitrogens with zero attached hydrogens (tertiary/aromatic N) is 3. The summed E-state index contributed by atoms with van der Waals surface area (Å²) < 4.78 is 0. The van der Waals surface area contributed by atoms with E-state index < -0.39 is 5.91 Å². The molecule has 6 heteroatoms. The third kappa shape index (κ3) is 4.22. The molecule has 1 rings (SSSR count). The van der Waals surface area contributed by atoms with Crippen molar-refractivity contribution in [1.82, 2.24) is 4.98 Å². The van der Waals surface area contributed by atoms with Crippen molar-refractivity contribution in [1.29, 1.82) is 5.26 Å². The Balaban J connectivity index is 3.07. The van der Waals surface area contributed by atoms with E-state index in [0.717, 1.165) is 0 Å². The summed E-state index contributed by atoms with van der Waals surface area (Å²) in [5, 5.41) is 9.11. The Morgan fingerprint density at radius 1 is 1.61 bits per heavy atom. The lowest BCUT2D eigenvalue weighted by molar-refractivity contribution is -0.116. The molecule has 0 aliphatic carbocycles. The lowest BCUT2D eigenvalue weighted by atomic mass is 10.2. The summed E-state index contributed by atoms with van der Waals surface area (Å²) in [7, 11) is 0. The number of hydrogen-bond acceptors (Lipinski definition) is 4. The number of amides is 1. The van der Waals surface area contributed by atoms with Gasteiger partial charge in [0, 0.05) is 6.54 Å². The number of halogens is 1. The fourth-order valence-corrected chi connectivity index (χ4v) is 1.78. The molecule has 0 aliphatic rings. The second kappa shape index (κ2) is 6.22. The molecule has 0 atom stereocenters. The van der Waals surface area contributed by atoms with Gasteiger partial charge in [0.25, 0.3) is 0 Å². The topological polar surface area (TPSA) is 83.0 Å². The first-order valence-electron chi connectivity index (χ1n) is 5.53.